The van der Waals surface area contributed by atoms with Gasteiger partial charge in [-0.15, -0.1) is 0 Å². The number of carbonyl (C=O) groups is 1. The fraction of sp³-hybridized carbons (Fsp3) is 0.0500. The normalized spacial score (nSPS) is 12.3. The van der Waals surface area contributed by atoms with Gasteiger partial charge >= 0.3 is 6.18 Å². The number of hydrogen-bond acceptors (Lipinski definition) is 6. The standard InChI is InChI=1S/C20H14F5N3O6S2/c21-11-2-4-14(22)17(8-11)34-16-5-1-10(20(23,24)25)7-13(16)19(29)28-15-9-12(35(26,30)31)3-6-18(15)36(27,32)33/h1-9H,(H,28,29)(H2,26,30,31)(H2,27,32,33). The third-order valence-corrected chi connectivity index (χ3v) is 6.38. The molecule has 0 bridgehead atoms. The second-order valence-corrected chi connectivity index (χ2v) is 10.2. The molecule has 0 aliphatic rings. The molecular formula is C20H14F5N3O6S2. The Morgan fingerprint density at radius 2 is 1.50 bits per heavy atom. The lowest BCUT2D eigenvalue weighted by Gasteiger charge is -2.16. The van der Waals surface area contributed by atoms with Gasteiger partial charge in [0.1, 0.15) is 16.5 Å². The van der Waals surface area contributed by atoms with Crippen molar-refractivity contribution < 1.29 is 48.3 Å². The van der Waals surface area contributed by atoms with Crippen LogP contribution < -0.4 is 20.3 Å². The molecule has 0 heterocycles. The largest absolute Gasteiger partial charge is 0.453 e. The smallest absolute Gasteiger partial charge is 0.416 e. The molecule has 0 fully saturated rings. The lowest BCUT2D eigenvalue weighted by atomic mass is 10.1. The van der Waals surface area contributed by atoms with Gasteiger partial charge in [0.2, 0.25) is 20.0 Å². The number of anilines is 1. The average Bonchev–Trinajstić information content (AvgIpc) is 2.74. The number of primary sulfonamides is 2. The van der Waals surface area contributed by atoms with Crippen molar-refractivity contribution in [1.29, 1.82) is 0 Å². The third-order valence-electron chi connectivity index (χ3n) is 4.50. The number of sulfonamides is 2. The molecule has 0 radical (unpaired) electrons. The first kappa shape index (κ1) is 27.0. The molecule has 0 aliphatic carbocycles. The first-order valence-electron chi connectivity index (χ1n) is 9.32. The Morgan fingerprint density at radius 3 is 2.08 bits per heavy atom. The molecule has 0 saturated heterocycles. The van der Waals surface area contributed by atoms with Gasteiger partial charge in [-0.1, -0.05) is 0 Å². The first-order chi connectivity index (χ1) is 16.5. The molecule has 3 aromatic rings. The molecule has 192 valence electrons. The Balaban J connectivity index is 2.15. The molecule has 0 aromatic heterocycles. The van der Waals surface area contributed by atoms with Gasteiger partial charge < -0.3 is 10.1 Å². The molecule has 3 rings (SSSR count). The van der Waals surface area contributed by atoms with Gasteiger partial charge in [-0.3, -0.25) is 4.79 Å². The zero-order valence-corrected chi connectivity index (χ0v) is 19.1. The van der Waals surface area contributed by atoms with Crippen molar-refractivity contribution in [1.82, 2.24) is 0 Å². The van der Waals surface area contributed by atoms with E-state index in [-0.39, 0.29) is 0 Å². The van der Waals surface area contributed by atoms with Crippen LogP contribution in [0.2, 0.25) is 0 Å². The van der Waals surface area contributed by atoms with E-state index < -0.39 is 81.9 Å². The maximum absolute atomic E-state index is 14.0. The summed E-state index contributed by atoms with van der Waals surface area (Å²) >= 11 is 0. The van der Waals surface area contributed by atoms with Crippen LogP contribution in [0.5, 0.6) is 11.5 Å². The second kappa shape index (κ2) is 9.45. The quantitative estimate of drug-likeness (QED) is 0.399. The second-order valence-electron chi connectivity index (χ2n) is 7.09. The average molecular weight is 551 g/mol. The fourth-order valence-corrected chi connectivity index (χ4v) is 4.08. The molecule has 0 unspecified atom stereocenters. The van der Waals surface area contributed by atoms with Crippen molar-refractivity contribution in [2.45, 2.75) is 16.0 Å². The van der Waals surface area contributed by atoms with Gasteiger partial charge in [-0.25, -0.2) is 35.9 Å². The number of benzene rings is 3. The highest BCUT2D eigenvalue weighted by atomic mass is 32.2. The molecule has 0 saturated carbocycles. The van der Waals surface area contributed by atoms with Crippen molar-refractivity contribution in [3.63, 3.8) is 0 Å². The van der Waals surface area contributed by atoms with Crippen LogP contribution in [-0.2, 0) is 26.2 Å². The summed E-state index contributed by atoms with van der Waals surface area (Å²) in [4.78, 5) is 11.5. The Morgan fingerprint density at radius 1 is 0.833 bits per heavy atom. The van der Waals surface area contributed by atoms with E-state index in [1.54, 1.807) is 0 Å². The molecule has 3 aromatic carbocycles. The molecule has 0 spiro atoms. The lowest BCUT2D eigenvalue weighted by Crippen LogP contribution is -2.21. The maximum atomic E-state index is 14.0. The van der Waals surface area contributed by atoms with Crippen molar-refractivity contribution in [2.24, 2.45) is 10.3 Å². The Labute approximate surface area is 200 Å². The van der Waals surface area contributed by atoms with E-state index in [0.29, 0.717) is 42.5 Å². The highest BCUT2D eigenvalue weighted by Crippen LogP contribution is 2.35. The van der Waals surface area contributed by atoms with E-state index in [1.807, 2.05) is 5.32 Å². The van der Waals surface area contributed by atoms with Crippen LogP contribution in [0.4, 0.5) is 27.6 Å². The van der Waals surface area contributed by atoms with Crippen LogP contribution >= 0.6 is 0 Å². The Hall–Kier alpha value is -3.60. The van der Waals surface area contributed by atoms with Crippen molar-refractivity contribution in [3.05, 3.63) is 77.4 Å². The zero-order chi connectivity index (χ0) is 27.1. The predicted octanol–water partition coefficient (Wildman–Crippen LogP) is 3.32. The van der Waals surface area contributed by atoms with Crippen LogP contribution in [0.3, 0.4) is 0 Å². The van der Waals surface area contributed by atoms with Crippen molar-refractivity contribution in [3.8, 4) is 11.5 Å². The monoisotopic (exact) mass is 551 g/mol. The lowest BCUT2D eigenvalue weighted by molar-refractivity contribution is -0.137. The van der Waals surface area contributed by atoms with Crippen LogP contribution in [-0.4, -0.2) is 22.7 Å². The summed E-state index contributed by atoms with van der Waals surface area (Å²) in [7, 11) is -8.99. The van der Waals surface area contributed by atoms with Gasteiger partial charge in [0.25, 0.3) is 5.91 Å². The van der Waals surface area contributed by atoms with E-state index in [9.17, 15) is 43.6 Å². The Kier molecular flexibility index (Phi) is 7.09. The predicted molar refractivity (Wildman–Crippen MR) is 115 cm³/mol. The van der Waals surface area contributed by atoms with Crippen LogP contribution in [0.15, 0.2) is 64.4 Å². The molecule has 1 amide bonds. The maximum Gasteiger partial charge on any atom is 0.416 e. The van der Waals surface area contributed by atoms with Gasteiger partial charge in [-0.2, -0.15) is 13.2 Å². The highest BCUT2D eigenvalue weighted by molar-refractivity contribution is 7.89. The summed E-state index contributed by atoms with van der Waals surface area (Å²) in [5, 5.41) is 12.0. The van der Waals surface area contributed by atoms with E-state index in [2.05, 4.69) is 0 Å². The number of rotatable bonds is 6. The third kappa shape index (κ3) is 6.14. The summed E-state index contributed by atoms with van der Waals surface area (Å²) in [6.45, 7) is 0. The summed E-state index contributed by atoms with van der Waals surface area (Å²) in [5.41, 5.74) is -2.98. The minimum Gasteiger partial charge on any atom is -0.453 e. The molecule has 16 heteroatoms. The van der Waals surface area contributed by atoms with Gasteiger partial charge in [0.05, 0.1) is 21.7 Å². The molecule has 0 atom stereocenters. The summed E-state index contributed by atoms with van der Waals surface area (Å²) in [5.74, 6) is -4.96. The number of amides is 1. The van der Waals surface area contributed by atoms with Crippen LogP contribution in [0, 0.1) is 11.6 Å². The summed E-state index contributed by atoms with van der Waals surface area (Å²) in [6.07, 6.45) is -4.95. The minimum atomic E-state index is -4.95. The van der Waals surface area contributed by atoms with E-state index in [4.69, 9.17) is 15.0 Å². The molecule has 9 nitrogen and oxygen atoms in total. The fourth-order valence-electron chi connectivity index (χ4n) is 2.87. The number of ether oxygens (including phenoxy) is 1. The molecule has 36 heavy (non-hydrogen) atoms. The van der Waals surface area contributed by atoms with Crippen molar-refractivity contribution in [2.75, 3.05) is 5.32 Å². The highest BCUT2D eigenvalue weighted by Gasteiger charge is 2.32. The van der Waals surface area contributed by atoms with Crippen LogP contribution in [0.1, 0.15) is 15.9 Å². The van der Waals surface area contributed by atoms with E-state index >= 15 is 0 Å². The minimum absolute atomic E-state index is 0.308. The van der Waals surface area contributed by atoms with E-state index in [0.717, 1.165) is 12.1 Å². The number of alkyl halides is 3. The Bertz CT molecular complexity index is 1580. The van der Waals surface area contributed by atoms with Crippen molar-refractivity contribution >= 4 is 31.6 Å². The molecule has 0 aliphatic heterocycles. The molecule has 5 N–H and O–H groups in total. The van der Waals surface area contributed by atoms with Crippen LogP contribution in [0.25, 0.3) is 0 Å². The molecular weight excluding hydrogens is 537 g/mol. The first-order valence-corrected chi connectivity index (χ1v) is 12.4. The summed E-state index contributed by atoms with van der Waals surface area (Å²) in [6, 6.07) is 5.55. The SMILES string of the molecule is NS(=O)(=O)c1ccc(S(N)(=O)=O)c(NC(=O)c2cc(C(F)(F)F)ccc2Oc2cc(F)ccc2F)c1. The topological polar surface area (TPSA) is 159 Å². The summed E-state index contributed by atoms with van der Waals surface area (Å²) < 4.78 is 120. The number of hydrogen-bond donors (Lipinski definition) is 3. The van der Waals surface area contributed by atoms with Gasteiger partial charge in [0, 0.05) is 6.07 Å². The number of carbonyl (C=O) groups excluding carboxylic acids is 1. The van der Waals surface area contributed by atoms with Gasteiger partial charge in [0.15, 0.2) is 11.6 Å². The number of nitrogens with one attached hydrogen (secondary N) is 1. The van der Waals surface area contributed by atoms with Gasteiger partial charge in [-0.05, 0) is 48.5 Å². The number of halogens is 5. The number of nitrogens with two attached hydrogens (primary N) is 2. The zero-order valence-electron chi connectivity index (χ0n) is 17.5. The van der Waals surface area contributed by atoms with E-state index in [1.165, 1.54) is 0 Å².